The lowest BCUT2D eigenvalue weighted by Crippen LogP contribution is -1.99. The number of aryl methyl sites for hydroxylation is 1. The van der Waals surface area contributed by atoms with E-state index in [1.807, 2.05) is 19.1 Å². The van der Waals surface area contributed by atoms with E-state index in [0.717, 1.165) is 34.3 Å². The largest absolute Gasteiger partial charge is 0.248 e. The zero-order chi connectivity index (χ0) is 13.8. The molecule has 2 aromatic heterocycles. The van der Waals surface area contributed by atoms with Crippen molar-refractivity contribution in [2.24, 2.45) is 0 Å². The van der Waals surface area contributed by atoms with Gasteiger partial charge in [0.05, 0.1) is 5.02 Å². The smallest absolute Gasteiger partial charge is 0.136 e. The van der Waals surface area contributed by atoms with Crippen LogP contribution in [0.3, 0.4) is 0 Å². The molecule has 2 aromatic rings. The molecule has 0 fully saturated rings. The van der Waals surface area contributed by atoms with Crippen molar-refractivity contribution in [2.75, 3.05) is 0 Å². The Morgan fingerprint density at radius 2 is 2.00 bits per heavy atom. The van der Waals surface area contributed by atoms with Crippen molar-refractivity contribution in [2.45, 2.75) is 36.7 Å². The number of rotatable bonds is 4. The van der Waals surface area contributed by atoms with Gasteiger partial charge in [-0.15, -0.1) is 0 Å². The summed E-state index contributed by atoms with van der Waals surface area (Å²) in [6.07, 6.45) is 3.43. The molecule has 0 N–H and O–H groups in total. The highest BCUT2D eigenvalue weighted by Crippen LogP contribution is 2.30. The van der Waals surface area contributed by atoms with E-state index in [-0.39, 0.29) is 0 Å². The van der Waals surface area contributed by atoms with Crippen LogP contribution in [0.4, 0.5) is 0 Å². The van der Waals surface area contributed by atoms with E-state index in [2.05, 4.69) is 21.9 Å². The first-order valence-electron chi connectivity index (χ1n) is 5.92. The lowest BCUT2D eigenvalue weighted by molar-refractivity contribution is 0.801. The molecular formula is C13H13Cl2N3S. The van der Waals surface area contributed by atoms with Crippen LogP contribution in [0, 0.1) is 6.92 Å². The summed E-state index contributed by atoms with van der Waals surface area (Å²) in [6.45, 7) is 4.00. The summed E-state index contributed by atoms with van der Waals surface area (Å²) < 4.78 is 0. The van der Waals surface area contributed by atoms with Crippen LogP contribution in [-0.2, 0) is 6.42 Å². The molecule has 0 bridgehead atoms. The lowest BCUT2D eigenvalue weighted by Gasteiger charge is -2.08. The Morgan fingerprint density at radius 1 is 1.21 bits per heavy atom. The molecule has 0 unspecified atom stereocenters. The van der Waals surface area contributed by atoms with Gasteiger partial charge in [0.2, 0.25) is 0 Å². The van der Waals surface area contributed by atoms with E-state index in [1.54, 1.807) is 6.20 Å². The number of hydrogen-bond donors (Lipinski definition) is 0. The fraction of sp³-hybridized carbons (Fsp3) is 0.308. The Labute approximate surface area is 126 Å². The topological polar surface area (TPSA) is 38.7 Å². The molecule has 2 rings (SSSR count). The van der Waals surface area contributed by atoms with Gasteiger partial charge in [0.1, 0.15) is 21.0 Å². The van der Waals surface area contributed by atoms with Gasteiger partial charge in [-0.05, 0) is 37.2 Å². The minimum Gasteiger partial charge on any atom is -0.248 e. The summed E-state index contributed by atoms with van der Waals surface area (Å²) in [5.41, 5.74) is 0.878. The second-order valence-electron chi connectivity index (χ2n) is 4.03. The Morgan fingerprint density at radius 3 is 2.63 bits per heavy atom. The molecule has 0 aliphatic rings. The van der Waals surface area contributed by atoms with Crippen LogP contribution in [0.1, 0.15) is 24.7 Å². The minimum absolute atomic E-state index is 0.509. The van der Waals surface area contributed by atoms with Gasteiger partial charge in [-0.1, -0.05) is 30.1 Å². The molecule has 2 heterocycles. The van der Waals surface area contributed by atoms with Gasteiger partial charge in [-0.25, -0.2) is 15.0 Å². The third kappa shape index (κ3) is 3.81. The fourth-order valence-corrected chi connectivity index (χ4v) is 2.66. The molecule has 0 radical (unpaired) electrons. The van der Waals surface area contributed by atoms with Crippen LogP contribution in [0.2, 0.25) is 10.2 Å². The predicted molar refractivity (Wildman–Crippen MR) is 79.1 cm³/mol. The molecular weight excluding hydrogens is 301 g/mol. The number of aromatic nitrogens is 3. The van der Waals surface area contributed by atoms with E-state index in [9.17, 15) is 0 Å². The van der Waals surface area contributed by atoms with Crippen LogP contribution in [0.25, 0.3) is 0 Å². The van der Waals surface area contributed by atoms with Crippen molar-refractivity contribution < 1.29 is 0 Å². The molecule has 0 saturated carbocycles. The molecule has 6 heteroatoms. The van der Waals surface area contributed by atoms with Crippen LogP contribution < -0.4 is 0 Å². The van der Waals surface area contributed by atoms with Crippen molar-refractivity contribution >= 4 is 35.0 Å². The first-order valence-corrected chi connectivity index (χ1v) is 7.49. The third-order valence-corrected chi connectivity index (χ3v) is 4.10. The third-order valence-electron chi connectivity index (χ3n) is 2.46. The molecule has 0 aliphatic carbocycles. The fourth-order valence-electron chi connectivity index (χ4n) is 1.47. The van der Waals surface area contributed by atoms with Crippen molar-refractivity contribution in [1.29, 1.82) is 0 Å². The monoisotopic (exact) mass is 313 g/mol. The number of halogens is 2. The molecule has 100 valence electrons. The van der Waals surface area contributed by atoms with E-state index >= 15 is 0 Å². The second kappa shape index (κ2) is 6.55. The van der Waals surface area contributed by atoms with E-state index in [1.165, 1.54) is 11.8 Å². The molecule has 0 saturated heterocycles. The summed E-state index contributed by atoms with van der Waals surface area (Å²) in [6, 6.07) is 3.67. The number of nitrogens with zero attached hydrogens (tertiary/aromatic N) is 3. The van der Waals surface area contributed by atoms with Crippen LogP contribution in [0.15, 0.2) is 28.4 Å². The molecule has 3 nitrogen and oxygen atoms in total. The standard InChI is InChI=1S/C13H13Cl2N3S/c1-3-4-10-17-12(15)8(2)13(18-10)19-11-6-5-9(14)7-16-11/h5-7H,3-4H2,1-2H3. The summed E-state index contributed by atoms with van der Waals surface area (Å²) >= 11 is 13.4. The first kappa shape index (κ1) is 14.6. The van der Waals surface area contributed by atoms with Crippen LogP contribution in [0.5, 0.6) is 0 Å². The molecule has 0 atom stereocenters. The SMILES string of the molecule is CCCc1nc(Cl)c(C)c(Sc2ccc(Cl)cn2)n1. The van der Waals surface area contributed by atoms with Gasteiger partial charge in [0.25, 0.3) is 0 Å². The summed E-state index contributed by atoms with van der Waals surface area (Å²) in [4.78, 5) is 13.1. The van der Waals surface area contributed by atoms with Gasteiger partial charge in [0, 0.05) is 18.2 Å². The maximum atomic E-state index is 6.14. The second-order valence-corrected chi connectivity index (χ2v) is 5.83. The Balaban J connectivity index is 2.30. The van der Waals surface area contributed by atoms with Gasteiger partial charge >= 0.3 is 0 Å². The van der Waals surface area contributed by atoms with E-state index in [4.69, 9.17) is 23.2 Å². The van der Waals surface area contributed by atoms with Crippen molar-refractivity contribution in [3.8, 4) is 0 Å². The maximum absolute atomic E-state index is 6.14. The number of hydrogen-bond acceptors (Lipinski definition) is 4. The van der Waals surface area contributed by atoms with Crippen molar-refractivity contribution in [1.82, 2.24) is 15.0 Å². The maximum Gasteiger partial charge on any atom is 0.136 e. The Kier molecular flexibility index (Phi) is 5.02. The Bertz CT molecular complexity index is 573. The molecule has 0 spiro atoms. The first-order chi connectivity index (χ1) is 9.10. The van der Waals surface area contributed by atoms with Crippen molar-refractivity contribution in [3.63, 3.8) is 0 Å². The highest BCUT2D eigenvalue weighted by molar-refractivity contribution is 7.99. The summed E-state index contributed by atoms with van der Waals surface area (Å²) in [5.74, 6) is 0.773. The Hall–Kier alpha value is -0.840. The van der Waals surface area contributed by atoms with Crippen LogP contribution >= 0.6 is 35.0 Å². The van der Waals surface area contributed by atoms with Gasteiger partial charge in [-0.2, -0.15) is 0 Å². The molecule has 0 amide bonds. The normalized spacial score (nSPS) is 10.7. The van der Waals surface area contributed by atoms with E-state index < -0.39 is 0 Å². The van der Waals surface area contributed by atoms with Crippen LogP contribution in [-0.4, -0.2) is 15.0 Å². The average molecular weight is 314 g/mol. The zero-order valence-corrected chi connectivity index (χ0v) is 13.0. The van der Waals surface area contributed by atoms with E-state index in [0.29, 0.717) is 10.2 Å². The van der Waals surface area contributed by atoms with Gasteiger partial charge in [0.15, 0.2) is 0 Å². The molecule has 0 aromatic carbocycles. The summed E-state index contributed by atoms with van der Waals surface area (Å²) in [5, 5.41) is 2.81. The van der Waals surface area contributed by atoms with Crippen molar-refractivity contribution in [3.05, 3.63) is 39.9 Å². The highest BCUT2D eigenvalue weighted by atomic mass is 35.5. The average Bonchev–Trinajstić information content (AvgIpc) is 2.38. The van der Waals surface area contributed by atoms with Gasteiger partial charge < -0.3 is 0 Å². The quantitative estimate of drug-likeness (QED) is 0.774. The predicted octanol–water partition coefficient (Wildman–Crippen LogP) is 4.59. The highest BCUT2D eigenvalue weighted by Gasteiger charge is 2.11. The summed E-state index contributed by atoms with van der Waals surface area (Å²) in [7, 11) is 0. The zero-order valence-electron chi connectivity index (χ0n) is 10.7. The molecule has 0 aliphatic heterocycles. The number of pyridine rings is 1. The molecule has 19 heavy (non-hydrogen) atoms. The lowest BCUT2D eigenvalue weighted by atomic mass is 10.3. The minimum atomic E-state index is 0.509. The van der Waals surface area contributed by atoms with Gasteiger partial charge in [-0.3, -0.25) is 0 Å².